The van der Waals surface area contributed by atoms with Crippen molar-refractivity contribution < 1.29 is 9.66 Å². The van der Waals surface area contributed by atoms with E-state index in [1.807, 2.05) is 25.1 Å². The molecule has 20 heavy (non-hydrogen) atoms. The van der Waals surface area contributed by atoms with Gasteiger partial charge in [0.05, 0.1) is 15.0 Å². The van der Waals surface area contributed by atoms with Gasteiger partial charge in [0.25, 0.3) is 5.69 Å². The number of nitro benzene ring substituents is 1. The summed E-state index contributed by atoms with van der Waals surface area (Å²) in [6.45, 7) is 2.08. The van der Waals surface area contributed by atoms with Gasteiger partial charge in [0.2, 0.25) is 0 Å². The van der Waals surface area contributed by atoms with Crippen LogP contribution in [0.1, 0.15) is 11.1 Å². The molecule has 0 heterocycles. The second-order valence-corrected chi connectivity index (χ2v) is 5.54. The van der Waals surface area contributed by atoms with Crippen LogP contribution in [0.15, 0.2) is 40.9 Å². The van der Waals surface area contributed by atoms with Gasteiger partial charge in [-0.25, -0.2) is 0 Å². The normalized spacial score (nSPS) is 10.3. The predicted octanol–water partition coefficient (Wildman–Crippen LogP) is 4.90. The molecule has 2 rings (SSSR count). The highest BCUT2D eigenvalue weighted by molar-refractivity contribution is 9.10. The lowest BCUT2D eigenvalue weighted by Gasteiger charge is -2.09. The maximum absolute atomic E-state index is 11.0. The van der Waals surface area contributed by atoms with Crippen LogP contribution < -0.4 is 4.74 Å². The summed E-state index contributed by atoms with van der Waals surface area (Å²) in [6.07, 6.45) is 0. The molecule has 0 aliphatic rings. The van der Waals surface area contributed by atoms with Crippen molar-refractivity contribution in [3.63, 3.8) is 0 Å². The number of ether oxygens (including phenoxy) is 1. The quantitative estimate of drug-likeness (QED) is 0.578. The third-order valence-corrected chi connectivity index (χ3v) is 3.57. The van der Waals surface area contributed by atoms with Gasteiger partial charge in [-0.15, -0.1) is 0 Å². The zero-order valence-corrected chi connectivity index (χ0v) is 12.9. The first-order valence-electron chi connectivity index (χ1n) is 5.79. The fraction of sp³-hybridized carbons (Fsp3) is 0.143. The Bertz CT molecular complexity index is 661. The summed E-state index contributed by atoms with van der Waals surface area (Å²) < 4.78 is 6.43. The van der Waals surface area contributed by atoms with Crippen molar-refractivity contribution in [3.05, 3.63) is 67.1 Å². The fourth-order valence-corrected chi connectivity index (χ4v) is 2.48. The first-order chi connectivity index (χ1) is 9.47. The number of aryl methyl sites for hydroxylation is 1. The van der Waals surface area contributed by atoms with Crippen LogP contribution in [0.5, 0.6) is 5.75 Å². The summed E-state index contributed by atoms with van der Waals surface area (Å²) in [4.78, 5) is 10.5. The first kappa shape index (κ1) is 14.8. The highest BCUT2D eigenvalue weighted by atomic mass is 79.9. The van der Waals surface area contributed by atoms with E-state index >= 15 is 0 Å². The molecule has 0 N–H and O–H groups in total. The first-order valence-corrected chi connectivity index (χ1v) is 6.96. The van der Waals surface area contributed by atoms with Crippen LogP contribution in [-0.4, -0.2) is 4.92 Å². The van der Waals surface area contributed by atoms with Gasteiger partial charge in [0.1, 0.15) is 12.4 Å². The zero-order chi connectivity index (χ0) is 14.7. The van der Waals surface area contributed by atoms with E-state index in [1.54, 1.807) is 12.1 Å². The van der Waals surface area contributed by atoms with E-state index in [9.17, 15) is 10.1 Å². The summed E-state index contributed by atoms with van der Waals surface area (Å²) >= 11 is 9.17. The Balaban J connectivity index is 2.20. The fourth-order valence-electron chi connectivity index (χ4n) is 1.71. The number of benzene rings is 2. The van der Waals surface area contributed by atoms with Gasteiger partial charge in [0.15, 0.2) is 0 Å². The number of nitrogens with zero attached hydrogens (tertiary/aromatic N) is 1. The molecule has 0 unspecified atom stereocenters. The lowest BCUT2D eigenvalue weighted by molar-refractivity contribution is -0.385. The van der Waals surface area contributed by atoms with Crippen LogP contribution in [0.4, 0.5) is 5.69 Å². The molecule has 0 spiro atoms. The summed E-state index contributed by atoms with van der Waals surface area (Å²) in [7, 11) is 0. The zero-order valence-electron chi connectivity index (χ0n) is 10.6. The molecule has 0 amide bonds. The number of halogens is 2. The van der Waals surface area contributed by atoms with Crippen LogP contribution in [0.2, 0.25) is 5.02 Å². The molecule has 4 nitrogen and oxygen atoms in total. The van der Waals surface area contributed by atoms with E-state index in [2.05, 4.69) is 15.9 Å². The minimum absolute atomic E-state index is 0.0410. The second kappa shape index (κ2) is 6.24. The summed E-state index contributed by atoms with van der Waals surface area (Å²) in [6, 6.07) is 10.2. The largest absolute Gasteiger partial charge is 0.487 e. The summed E-state index contributed by atoms with van der Waals surface area (Å²) in [5.74, 6) is 0.639. The van der Waals surface area contributed by atoms with E-state index in [0.717, 1.165) is 10.0 Å². The molecular formula is C14H11BrClNO3. The standard InChI is InChI=1S/C14H11BrClNO3/c1-9-2-5-14(12(15)6-9)20-8-10-3-4-11(16)7-13(10)17(18)19/h2-7H,8H2,1H3. The molecular weight excluding hydrogens is 346 g/mol. The molecule has 2 aromatic rings. The average Bonchev–Trinajstić information content (AvgIpc) is 2.38. The summed E-state index contributed by atoms with van der Waals surface area (Å²) in [5, 5.41) is 11.3. The molecule has 0 aromatic heterocycles. The molecule has 6 heteroatoms. The van der Waals surface area contributed by atoms with E-state index < -0.39 is 4.92 Å². The molecule has 0 atom stereocenters. The number of rotatable bonds is 4. The maximum atomic E-state index is 11.0. The Kier molecular flexibility index (Phi) is 4.62. The van der Waals surface area contributed by atoms with Gasteiger partial charge in [-0.1, -0.05) is 17.7 Å². The van der Waals surface area contributed by atoms with Gasteiger partial charge in [0, 0.05) is 11.1 Å². The topological polar surface area (TPSA) is 52.4 Å². The van der Waals surface area contributed by atoms with Gasteiger partial charge < -0.3 is 4.74 Å². The van der Waals surface area contributed by atoms with Gasteiger partial charge in [-0.2, -0.15) is 0 Å². The monoisotopic (exact) mass is 355 g/mol. The Hall–Kier alpha value is -1.59. The highest BCUT2D eigenvalue weighted by Crippen LogP contribution is 2.29. The third kappa shape index (κ3) is 3.49. The van der Waals surface area contributed by atoms with Crippen molar-refractivity contribution in [1.29, 1.82) is 0 Å². The van der Waals surface area contributed by atoms with Gasteiger partial charge >= 0.3 is 0 Å². The van der Waals surface area contributed by atoms with E-state index in [1.165, 1.54) is 6.07 Å². The maximum Gasteiger partial charge on any atom is 0.277 e. The molecule has 0 aliphatic carbocycles. The van der Waals surface area contributed by atoms with E-state index in [0.29, 0.717) is 16.3 Å². The van der Waals surface area contributed by atoms with Gasteiger partial charge in [-0.05, 0) is 52.7 Å². The number of hydrogen-bond acceptors (Lipinski definition) is 3. The molecule has 2 aromatic carbocycles. The molecule has 0 saturated carbocycles. The van der Waals surface area contributed by atoms with Crippen molar-refractivity contribution in [1.82, 2.24) is 0 Å². The van der Waals surface area contributed by atoms with Crippen LogP contribution in [-0.2, 0) is 6.61 Å². The van der Waals surface area contributed by atoms with Crippen LogP contribution >= 0.6 is 27.5 Å². The van der Waals surface area contributed by atoms with Crippen molar-refractivity contribution in [2.24, 2.45) is 0 Å². The molecule has 0 fully saturated rings. The number of nitro groups is 1. The van der Waals surface area contributed by atoms with Crippen LogP contribution in [0, 0.1) is 17.0 Å². The average molecular weight is 357 g/mol. The molecule has 0 radical (unpaired) electrons. The highest BCUT2D eigenvalue weighted by Gasteiger charge is 2.15. The molecule has 0 bridgehead atoms. The minimum Gasteiger partial charge on any atom is -0.487 e. The molecule has 104 valence electrons. The minimum atomic E-state index is -0.464. The van der Waals surface area contributed by atoms with Crippen molar-refractivity contribution in [2.45, 2.75) is 13.5 Å². The smallest absolute Gasteiger partial charge is 0.277 e. The Morgan fingerprint density at radius 1 is 1.30 bits per heavy atom. The van der Waals surface area contributed by atoms with Crippen molar-refractivity contribution in [3.8, 4) is 5.75 Å². The SMILES string of the molecule is Cc1ccc(OCc2ccc(Cl)cc2[N+](=O)[O-])c(Br)c1. The van der Waals surface area contributed by atoms with Crippen molar-refractivity contribution >= 4 is 33.2 Å². The second-order valence-electron chi connectivity index (χ2n) is 4.25. The summed E-state index contributed by atoms with van der Waals surface area (Å²) in [5.41, 5.74) is 1.54. The van der Waals surface area contributed by atoms with E-state index in [-0.39, 0.29) is 12.3 Å². The third-order valence-electron chi connectivity index (χ3n) is 2.71. The van der Waals surface area contributed by atoms with Crippen LogP contribution in [0.25, 0.3) is 0 Å². The molecule has 0 saturated heterocycles. The lowest BCUT2D eigenvalue weighted by Crippen LogP contribution is -2.01. The Morgan fingerprint density at radius 3 is 2.70 bits per heavy atom. The lowest BCUT2D eigenvalue weighted by atomic mass is 10.2. The predicted molar refractivity (Wildman–Crippen MR) is 81.3 cm³/mol. The van der Waals surface area contributed by atoms with E-state index in [4.69, 9.17) is 16.3 Å². The van der Waals surface area contributed by atoms with Crippen molar-refractivity contribution in [2.75, 3.05) is 0 Å². The Morgan fingerprint density at radius 2 is 2.05 bits per heavy atom. The number of hydrogen-bond donors (Lipinski definition) is 0. The Labute approximate surface area is 129 Å². The molecule has 0 aliphatic heterocycles. The van der Waals surface area contributed by atoms with Gasteiger partial charge in [-0.3, -0.25) is 10.1 Å². The van der Waals surface area contributed by atoms with Crippen LogP contribution in [0.3, 0.4) is 0 Å².